The van der Waals surface area contributed by atoms with Gasteiger partial charge < -0.3 is 21.1 Å². The number of rotatable bonds is 6. The van der Waals surface area contributed by atoms with Crippen LogP contribution in [-0.2, 0) is 4.79 Å². The standard InChI is InChI=1S/C11H17N3O2/c1-16-10-4-2-3-9(7-10)14-11(15)8-13-6-5-12/h2-4,7,13H,5-6,8,12H2,1H3,(H,14,15). The fourth-order valence-electron chi connectivity index (χ4n) is 1.21. The SMILES string of the molecule is COc1cccc(NC(=O)CNCCN)c1. The molecule has 1 aromatic carbocycles. The van der Waals surface area contributed by atoms with Crippen LogP contribution >= 0.6 is 0 Å². The number of nitrogens with two attached hydrogens (primary N) is 1. The molecule has 5 nitrogen and oxygen atoms in total. The first-order chi connectivity index (χ1) is 7.76. The molecule has 0 aliphatic carbocycles. The molecular weight excluding hydrogens is 206 g/mol. The molecule has 0 fully saturated rings. The van der Waals surface area contributed by atoms with Gasteiger partial charge in [0, 0.05) is 24.8 Å². The Bertz CT molecular complexity index is 342. The maximum atomic E-state index is 11.4. The van der Waals surface area contributed by atoms with Gasteiger partial charge in [-0.05, 0) is 12.1 Å². The summed E-state index contributed by atoms with van der Waals surface area (Å²) >= 11 is 0. The van der Waals surface area contributed by atoms with Gasteiger partial charge in [-0.2, -0.15) is 0 Å². The van der Waals surface area contributed by atoms with E-state index in [-0.39, 0.29) is 12.5 Å². The number of methoxy groups -OCH3 is 1. The fraction of sp³-hybridized carbons (Fsp3) is 0.364. The molecule has 1 amide bonds. The van der Waals surface area contributed by atoms with Crippen molar-refractivity contribution in [2.75, 3.05) is 32.1 Å². The molecule has 0 aliphatic heterocycles. The Labute approximate surface area is 95.0 Å². The molecule has 0 radical (unpaired) electrons. The molecule has 1 rings (SSSR count). The predicted molar refractivity (Wildman–Crippen MR) is 63.5 cm³/mol. The number of nitrogens with one attached hydrogen (secondary N) is 2. The normalized spacial score (nSPS) is 9.88. The van der Waals surface area contributed by atoms with Gasteiger partial charge in [0.2, 0.25) is 5.91 Å². The average Bonchev–Trinajstić information content (AvgIpc) is 2.29. The second-order valence-electron chi connectivity index (χ2n) is 3.25. The Hall–Kier alpha value is -1.59. The zero-order valence-electron chi connectivity index (χ0n) is 9.32. The summed E-state index contributed by atoms with van der Waals surface area (Å²) in [6.45, 7) is 1.41. The third kappa shape index (κ3) is 4.29. The van der Waals surface area contributed by atoms with Gasteiger partial charge in [-0.3, -0.25) is 4.79 Å². The maximum absolute atomic E-state index is 11.4. The van der Waals surface area contributed by atoms with Crippen molar-refractivity contribution in [1.29, 1.82) is 0 Å². The van der Waals surface area contributed by atoms with E-state index in [1.807, 2.05) is 18.2 Å². The molecule has 0 bridgehead atoms. The zero-order chi connectivity index (χ0) is 11.8. The first-order valence-electron chi connectivity index (χ1n) is 5.11. The molecule has 0 heterocycles. The minimum atomic E-state index is -0.0956. The van der Waals surface area contributed by atoms with E-state index in [0.29, 0.717) is 18.8 Å². The highest BCUT2D eigenvalue weighted by atomic mass is 16.5. The van der Waals surface area contributed by atoms with Crippen LogP contribution in [0.3, 0.4) is 0 Å². The molecule has 0 aliphatic rings. The van der Waals surface area contributed by atoms with Crippen LogP contribution in [0.2, 0.25) is 0 Å². The van der Waals surface area contributed by atoms with Gasteiger partial charge in [0.1, 0.15) is 5.75 Å². The second-order valence-corrected chi connectivity index (χ2v) is 3.25. The van der Waals surface area contributed by atoms with Crippen LogP contribution in [-0.4, -0.2) is 32.7 Å². The molecule has 16 heavy (non-hydrogen) atoms. The predicted octanol–water partition coefficient (Wildman–Crippen LogP) is 0.182. The molecule has 1 aromatic rings. The molecule has 0 aromatic heterocycles. The van der Waals surface area contributed by atoms with E-state index in [1.54, 1.807) is 13.2 Å². The van der Waals surface area contributed by atoms with E-state index in [2.05, 4.69) is 10.6 Å². The third-order valence-electron chi connectivity index (χ3n) is 1.96. The van der Waals surface area contributed by atoms with Crippen molar-refractivity contribution in [3.63, 3.8) is 0 Å². The minimum Gasteiger partial charge on any atom is -0.497 e. The summed E-state index contributed by atoms with van der Waals surface area (Å²) in [7, 11) is 1.59. The highest BCUT2D eigenvalue weighted by molar-refractivity contribution is 5.92. The van der Waals surface area contributed by atoms with Crippen molar-refractivity contribution >= 4 is 11.6 Å². The first-order valence-corrected chi connectivity index (χ1v) is 5.11. The zero-order valence-corrected chi connectivity index (χ0v) is 9.32. The number of amides is 1. The van der Waals surface area contributed by atoms with Crippen molar-refractivity contribution < 1.29 is 9.53 Å². The number of ether oxygens (including phenoxy) is 1. The van der Waals surface area contributed by atoms with E-state index in [0.717, 1.165) is 5.69 Å². The third-order valence-corrected chi connectivity index (χ3v) is 1.96. The Morgan fingerprint density at radius 2 is 2.31 bits per heavy atom. The van der Waals surface area contributed by atoms with E-state index in [4.69, 9.17) is 10.5 Å². The number of hydrogen-bond donors (Lipinski definition) is 3. The summed E-state index contributed by atoms with van der Waals surface area (Å²) < 4.78 is 5.05. The Balaban J connectivity index is 2.43. The van der Waals surface area contributed by atoms with Gasteiger partial charge >= 0.3 is 0 Å². The minimum absolute atomic E-state index is 0.0956. The van der Waals surface area contributed by atoms with Crippen LogP contribution in [0.5, 0.6) is 5.75 Å². The summed E-state index contributed by atoms with van der Waals surface area (Å²) in [5.74, 6) is 0.620. The second kappa shape index (κ2) is 6.81. The lowest BCUT2D eigenvalue weighted by atomic mass is 10.3. The summed E-state index contributed by atoms with van der Waals surface area (Å²) in [5.41, 5.74) is 6.02. The summed E-state index contributed by atoms with van der Waals surface area (Å²) in [5, 5.41) is 5.67. The van der Waals surface area contributed by atoms with Crippen LogP contribution in [0.15, 0.2) is 24.3 Å². The lowest BCUT2D eigenvalue weighted by molar-refractivity contribution is -0.115. The van der Waals surface area contributed by atoms with Gasteiger partial charge in [0.15, 0.2) is 0 Å². The van der Waals surface area contributed by atoms with Crippen molar-refractivity contribution in [2.24, 2.45) is 5.73 Å². The maximum Gasteiger partial charge on any atom is 0.238 e. The topological polar surface area (TPSA) is 76.4 Å². The van der Waals surface area contributed by atoms with Crippen LogP contribution in [0.1, 0.15) is 0 Å². The smallest absolute Gasteiger partial charge is 0.238 e. The number of hydrogen-bond acceptors (Lipinski definition) is 4. The van der Waals surface area contributed by atoms with Crippen molar-refractivity contribution in [3.8, 4) is 5.75 Å². The molecule has 5 heteroatoms. The largest absolute Gasteiger partial charge is 0.497 e. The van der Waals surface area contributed by atoms with E-state index in [9.17, 15) is 4.79 Å². The number of carbonyl (C=O) groups is 1. The van der Waals surface area contributed by atoms with Crippen LogP contribution in [0.25, 0.3) is 0 Å². The van der Waals surface area contributed by atoms with Crippen LogP contribution in [0, 0.1) is 0 Å². The lowest BCUT2D eigenvalue weighted by Gasteiger charge is -2.07. The molecule has 4 N–H and O–H groups in total. The summed E-state index contributed by atoms with van der Waals surface area (Å²) in [4.78, 5) is 11.4. The molecular formula is C11H17N3O2. The lowest BCUT2D eigenvalue weighted by Crippen LogP contribution is -2.31. The van der Waals surface area contributed by atoms with Gasteiger partial charge in [-0.15, -0.1) is 0 Å². The van der Waals surface area contributed by atoms with Crippen LogP contribution in [0.4, 0.5) is 5.69 Å². The van der Waals surface area contributed by atoms with E-state index >= 15 is 0 Å². The van der Waals surface area contributed by atoms with Crippen LogP contribution < -0.4 is 21.1 Å². The van der Waals surface area contributed by atoms with Crippen molar-refractivity contribution in [3.05, 3.63) is 24.3 Å². The first kappa shape index (κ1) is 12.5. The van der Waals surface area contributed by atoms with E-state index < -0.39 is 0 Å². The van der Waals surface area contributed by atoms with Gasteiger partial charge in [-0.1, -0.05) is 6.07 Å². The van der Waals surface area contributed by atoms with Gasteiger partial charge in [-0.25, -0.2) is 0 Å². The molecule has 0 saturated carbocycles. The van der Waals surface area contributed by atoms with E-state index in [1.165, 1.54) is 0 Å². The average molecular weight is 223 g/mol. The monoisotopic (exact) mass is 223 g/mol. The number of anilines is 1. The summed E-state index contributed by atoms with van der Waals surface area (Å²) in [6, 6.07) is 7.22. The molecule has 0 spiro atoms. The highest BCUT2D eigenvalue weighted by Gasteiger charge is 2.01. The fourth-order valence-corrected chi connectivity index (χ4v) is 1.21. The van der Waals surface area contributed by atoms with Crippen molar-refractivity contribution in [2.45, 2.75) is 0 Å². The number of carbonyl (C=O) groups excluding carboxylic acids is 1. The van der Waals surface area contributed by atoms with Gasteiger partial charge in [0.25, 0.3) is 0 Å². The number of benzene rings is 1. The molecule has 0 saturated heterocycles. The molecule has 88 valence electrons. The molecule has 0 unspecified atom stereocenters. The summed E-state index contributed by atoms with van der Waals surface area (Å²) in [6.07, 6.45) is 0. The Morgan fingerprint density at radius 3 is 3.00 bits per heavy atom. The highest BCUT2D eigenvalue weighted by Crippen LogP contribution is 2.16. The molecule has 0 atom stereocenters. The van der Waals surface area contributed by atoms with Crippen molar-refractivity contribution in [1.82, 2.24) is 5.32 Å². The Kier molecular flexibility index (Phi) is 5.31. The quantitative estimate of drug-likeness (QED) is 0.601. The Morgan fingerprint density at radius 1 is 1.50 bits per heavy atom. The van der Waals surface area contributed by atoms with Gasteiger partial charge in [0.05, 0.1) is 13.7 Å².